The Bertz CT molecular complexity index is 423. The number of hydrogen-bond acceptors (Lipinski definition) is 5. The van der Waals surface area contributed by atoms with Gasteiger partial charge in [-0.05, 0) is 26.7 Å². The minimum absolute atomic E-state index is 0.706. The lowest BCUT2D eigenvalue weighted by atomic mass is 10.2. The normalized spacial score (nSPS) is 10.7. The number of methoxy groups -OCH3 is 1. The second-order valence-corrected chi connectivity index (χ2v) is 5.19. The van der Waals surface area contributed by atoms with E-state index in [1.54, 1.807) is 7.11 Å². The number of aromatic nitrogens is 2. The predicted octanol–water partition coefficient (Wildman–Crippen LogP) is 3.03. The van der Waals surface area contributed by atoms with Gasteiger partial charge < -0.3 is 15.0 Å². The average Bonchev–Trinajstić information content (AvgIpc) is 2.49. The summed E-state index contributed by atoms with van der Waals surface area (Å²) in [6.45, 7) is 12.0. The Morgan fingerprint density at radius 2 is 1.90 bits per heavy atom. The molecule has 1 N–H and O–H groups in total. The molecule has 0 saturated heterocycles. The molecular weight excluding hydrogens is 264 g/mol. The van der Waals surface area contributed by atoms with Gasteiger partial charge in [0.2, 0.25) is 0 Å². The van der Waals surface area contributed by atoms with Crippen LogP contribution in [0.25, 0.3) is 0 Å². The third kappa shape index (κ3) is 5.16. The van der Waals surface area contributed by atoms with Crippen LogP contribution in [-0.4, -0.2) is 43.3 Å². The molecule has 0 unspecified atom stereocenters. The summed E-state index contributed by atoms with van der Waals surface area (Å²) in [5.74, 6) is 2.93. The minimum Gasteiger partial charge on any atom is -0.383 e. The molecule has 5 nitrogen and oxygen atoms in total. The van der Waals surface area contributed by atoms with Crippen molar-refractivity contribution < 1.29 is 4.74 Å². The lowest BCUT2D eigenvalue weighted by Crippen LogP contribution is -2.29. The second-order valence-electron chi connectivity index (χ2n) is 5.19. The SMILES string of the molecule is CCCNc1nc(CCC)nc(N(CC)CCOC)c1C. The van der Waals surface area contributed by atoms with Crippen LogP contribution in [0.3, 0.4) is 0 Å². The average molecular weight is 294 g/mol. The summed E-state index contributed by atoms with van der Waals surface area (Å²) in [5.41, 5.74) is 1.13. The third-order valence-electron chi connectivity index (χ3n) is 3.43. The Morgan fingerprint density at radius 3 is 2.48 bits per heavy atom. The Kier molecular flexibility index (Phi) is 8.05. The van der Waals surface area contributed by atoms with Crippen LogP contribution in [0.2, 0.25) is 0 Å². The fraction of sp³-hybridized carbons (Fsp3) is 0.750. The van der Waals surface area contributed by atoms with Gasteiger partial charge in [-0.3, -0.25) is 0 Å². The molecule has 0 radical (unpaired) electrons. The summed E-state index contributed by atoms with van der Waals surface area (Å²) < 4.78 is 5.21. The summed E-state index contributed by atoms with van der Waals surface area (Å²) in [4.78, 5) is 11.7. The second kappa shape index (κ2) is 9.55. The van der Waals surface area contributed by atoms with Crippen LogP contribution < -0.4 is 10.2 Å². The van der Waals surface area contributed by atoms with E-state index in [1.165, 1.54) is 0 Å². The van der Waals surface area contributed by atoms with Crippen molar-refractivity contribution in [3.05, 3.63) is 11.4 Å². The van der Waals surface area contributed by atoms with E-state index in [0.717, 1.165) is 61.9 Å². The van der Waals surface area contributed by atoms with Gasteiger partial charge in [0.1, 0.15) is 17.5 Å². The summed E-state index contributed by atoms with van der Waals surface area (Å²) in [6, 6.07) is 0. The van der Waals surface area contributed by atoms with Crippen LogP contribution in [0, 0.1) is 6.92 Å². The maximum Gasteiger partial charge on any atom is 0.137 e. The van der Waals surface area contributed by atoms with E-state index in [2.05, 4.69) is 42.9 Å². The van der Waals surface area contributed by atoms with E-state index in [4.69, 9.17) is 9.72 Å². The lowest BCUT2D eigenvalue weighted by Gasteiger charge is -2.25. The van der Waals surface area contributed by atoms with Crippen molar-refractivity contribution in [2.75, 3.05) is 43.6 Å². The van der Waals surface area contributed by atoms with Crippen molar-refractivity contribution in [1.82, 2.24) is 9.97 Å². The Morgan fingerprint density at radius 1 is 1.14 bits per heavy atom. The molecule has 0 amide bonds. The molecule has 21 heavy (non-hydrogen) atoms. The molecule has 120 valence electrons. The fourth-order valence-electron chi connectivity index (χ4n) is 2.22. The van der Waals surface area contributed by atoms with Crippen LogP contribution in [0.1, 0.15) is 45.0 Å². The lowest BCUT2D eigenvalue weighted by molar-refractivity contribution is 0.205. The number of likely N-dealkylation sites (N-methyl/N-ethyl adjacent to an activating group) is 1. The number of nitrogens with zero attached hydrogens (tertiary/aromatic N) is 3. The van der Waals surface area contributed by atoms with Gasteiger partial charge in [-0.15, -0.1) is 0 Å². The highest BCUT2D eigenvalue weighted by Gasteiger charge is 2.15. The highest BCUT2D eigenvalue weighted by Crippen LogP contribution is 2.24. The third-order valence-corrected chi connectivity index (χ3v) is 3.43. The molecule has 0 spiro atoms. The molecule has 0 fully saturated rings. The van der Waals surface area contributed by atoms with Crippen LogP contribution >= 0.6 is 0 Å². The van der Waals surface area contributed by atoms with E-state index in [-0.39, 0.29) is 0 Å². The van der Waals surface area contributed by atoms with Crippen LogP contribution in [0.4, 0.5) is 11.6 Å². The van der Waals surface area contributed by atoms with Crippen LogP contribution in [-0.2, 0) is 11.2 Å². The number of aryl methyl sites for hydroxylation is 1. The van der Waals surface area contributed by atoms with Crippen molar-refractivity contribution in [2.45, 2.75) is 47.0 Å². The number of ether oxygens (including phenoxy) is 1. The molecule has 1 heterocycles. The van der Waals surface area contributed by atoms with Crippen LogP contribution in [0.15, 0.2) is 0 Å². The smallest absolute Gasteiger partial charge is 0.137 e. The molecular formula is C16H30N4O. The largest absolute Gasteiger partial charge is 0.383 e. The quantitative estimate of drug-likeness (QED) is 0.719. The van der Waals surface area contributed by atoms with Crippen molar-refractivity contribution in [1.29, 1.82) is 0 Å². The van der Waals surface area contributed by atoms with Gasteiger partial charge in [-0.25, -0.2) is 9.97 Å². The minimum atomic E-state index is 0.706. The first kappa shape index (κ1) is 17.7. The zero-order valence-electron chi connectivity index (χ0n) is 14.2. The maximum absolute atomic E-state index is 5.21. The summed E-state index contributed by atoms with van der Waals surface area (Å²) in [5, 5.41) is 3.43. The predicted molar refractivity (Wildman–Crippen MR) is 89.3 cm³/mol. The Labute approximate surface area is 129 Å². The molecule has 0 aliphatic rings. The molecule has 1 aromatic rings. The van der Waals surface area contributed by atoms with Gasteiger partial charge in [0.25, 0.3) is 0 Å². The van der Waals surface area contributed by atoms with Crippen molar-refractivity contribution in [3.8, 4) is 0 Å². The molecule has 5 heteroatoms. The summed E-state index contributed by atoms with van der Waals surface area (Å²) in [6.07, 6.45) is 3.05. The van der Waals surface area contributed by atoms with Gasteiger partial charge >= 0.3 is 0 Å². The molecule has 0 saturated carbocycles. The van der Waals surface area contributed by atoms with Crippen molar-refractivity contribution >= 4 is 11.6 Å². The highest BCUT2D eigenvalue weighted by molar-refractivity contribution is 5.58. The number of rotatable bonds is 10. The van der Waals surface area contributed by atoms with Gasteiger partial charge in [-0.1, -0.05) is 13.8 Å². The summed E-state index contributed by atoms with van der Waals surface area (Å²) in [7, 11) is 1.73. The van der Waals surface area contributed by atoms with Crippen molar-refractivity contribution in [3.63, 3.8) is 0 Å². The first-order chi connectivity index (χ1) is 10.2. The maximum atomic E-state index is 5.21. The molecule has 0 aromatic carbocycles. The van der Waals surface area contributed by atoms with E-state index in [9.17, 15) is 0 Å². The van der Waals surface area contributed by atoms with Gasteiger partial charge in [0, 0.05) is 38.7 Å². The molecule has 1 aromatic heterocycles. The zero-order chi connectivity index (χ0) is 15.7. The van der Waals surface area contributed by atoms with Gasteiger partial charge in [0.15, 0.2) is 0 Å². The molecule has 0 bridgehead atoms. The standard InChI is InChI=1S/C16H30N4O/c1-6-9-14-18-15(17-10-7-2)13(4)16(19-14)20(8-3)11-12-21-5/h6-12H2,1-5H3,(H,17,18,19). The molecule has 0 aliphatic carbocycles. The molecule has 0 atom stereocenters. The number of hydrogen-bond donors (Lipinski definition) is 1. The monoisotopic (exact) mass is 294 g/mol. The first-order valence-corrected chi connectivity index (χ1v) is 8.03. The molecule has 0 aliphatic heterocycles. The van der Waals surface area contributed by atoms with E-state index >= 15 is 0 Å². The summed E-state index contributed by atoms with van der Waals surface area (Å²) >= 11 is 0. The first-order valence-electron chi connectivity index (χ1n) is 8.03. The van der Waals surface area contributed by atoms with E-state index in [0.29, 0.717) is 6.61 Å². The van der Waals surface area contributed by atoms with Crippen LogP contribution in [0.5, 0.6) is 0 Å². The topological polar surface area (TPSA) is 50.3 Å². The van der Waals surface area contributed by atoms with Gasteiger partial charge in [-0.2, -0.15) is 0 Å². The number of anilines is 2. The Balaban J connectivity index is 3.10. The van der Waals surface area contributed by atoms with E-state index in [1.807, 2.05) is 0 Å². The highest BCUT2D eigenvalue weighted by atomic mass is 16.5. The van der Waals surface area contributed by atoms with Crippen molar-refractivity contribution in [2.24, 2.45) is 0 Å². The fourth-order valence-corrected chi connectivity index (χ4v) is 2.22. The molecule has 1 rings (SSSR count). The Hall–Kier alpha value is -1.36. The zero-order valence-corrected chi connectivity index (χ0v) is 14.2. The van der Waals surface area contributed by atoms with Gasteiger partial charge in [0.05, 0.1) is 6.61 Å². The number of nitrogens with one attached hydrogen (secondary N) is 1. The van der Waals surface area contributed by atoms with E-state index < -0.39 is 0 Å².